The average Bonchev–Trinajstić information content (AvgIpc) is 2.55. The lowest BCUT2D eigenvalue weighted by Crippen LogP contribution is -2.40. The first kappa shape index (κ1) is 17.3. The Morgan fingerprint density at radius 2 is 1.96 bits per heavy atom. The Bertz CT molecular complexity index is 807. The third-order valence-electron chi connectivity index (χ3n) is 4.34. The first-order chi connectivity index (χ1) is 11.9. The molecule has 1 aliphatic heterocycles. The van der Waals surface area contributed by atoms with E-state index in [0.29, 0.717) is 29.8 Å². The number of benzene rings is 2. The van der Waals surface area contributed by atoms with Crippen molar-refractivity contribution < 1.29 is 18.0 Å². The average molecular weight is 348 g/mol. The van der Waals surface area contributed by atoms with Crippen LogP contribution in [0.5, 0.6) is 0 Å². The standard InChI is InChI=1S/C19H19F3N2O/c1-12-7-13(4-5-16(12)21)10-23-18(25)11-24-6-2-3-14-8-15(20)9-17(22)19(14)24/h4-5,7-9H,2-3,6,10-11H2,1H3,(H,23,25). The number of halogens is 3. The molecular formula is C19H19F3N2O. The molecule has 1 aliphatic rings. The maximum Gasteiger partial charge on any atom is 0.239 e. The Balaban J connectivity index is 1.65. The van der Waals surface area contributed by atoms with Gasteiger partial charge in [0.2, 0.25) is 5.91 Å². The van der Waals surface area contributed by atoms with E-state index in [-0.39, 0.29) is 24.8 Å². The molecule has 2 aromatic rings. The van der Waals surface area contributed by atoms with Gasteiger partial charge < -0.3 is 10.2 Å². The maximum absolute atomic E-state index is 14.1. The van der Waals surface area contributed by atoms with Gasteiger partial charge in [0.15, 0.2) is 0 Å². The number of carbonyl (C=O) groups is 1. The summed E-state index contributed by atoms with van der Waals surface area (Å²) < 4.78 is 40.7. The highest BCUT2D eigenvalue weighted by Gasteiger charge is 2.23. The molecule has 0 aliphatic carbocycles. The van der Waals surface area contributed by atoms with Crippen LogP contribution in [0.3, 0.4) is 0 Å². The SMILES string of the molecule is Cc1cc(CNC(=O)CN2CCCc3cc(F)cc(F)c32)ccc1F. The summed E-state index contributed by atoms with van der Waals surface area (Å²) in [4.78, 5) is 13.8. The second kappa shape index (κ2) is 7.17. The number of anilines is 1. The molecule has 1 heterocycles. The number of rotatable bonds is 4. The zero-order chi connectivity index (χ0) is 18.0. The molecule has 1 N–H and O–H groups in total. The summed E-state index contributed by atoms with van der Waals surface area (Å²) in [7, 11) is 0. The molecular weight excluding hydrogens is 329 g/mol. The molecule has 3 rings (SSSR count). The number of nitrogens with zero attached hydrogens (tertiary/aromatic N) is 1. The number of nitrogens with one attached hydrogen (secondary N) is 1. The quantitative estimate of drug-likeness (QED) is 0.917. The minimum absolute atomic E-state index is 0.00424. The van der Waals surface area contributed by atoms with Crippen LogP contribution in [0.15, 0.2) is 30.3 Å². The van der Waals surface area contributed by atoms with E-state index in [1.54, 1.807) is 24.0 Å². The van der Waals surface area contributed by atoms with Gasteiger partial charge in [0.1, 0.15) is 17.5 Å². The Kier molecular flexibility index (Phi) is 4.97. The zero-order valence-electron chi connectivity index (χ0n) is 13.9. The van der Waals surface area contributed by atoms with Crippen molar-refractivity contribution >= 4 is 11.6 Å². The molecule has 0 saturated carbocycles. The summed E-state index contributed by atoms with van der Waals surface area (Å²) in [6.07, 6.45) is 1.33. The molecule has 25 heavy (non-hydrogen) atoms. The number of carbonyl (C=O) groups excluding carboxylic acids is 1. The molecule has 132 valence electrons. The summed E-state index contributed by atoms with van der Waals surface area (Å²) >= 11 is 0. The highest BCUT2D eigenvalue weighted by molar-refractivity contribution is 5.82. The second-order valence-electron chi connectivity index (χ2n) is 6.28. The van der Waals surface area contributed by atoms with Crippen LogP contribution in [-0.4, -0.2) is 19.0 Å². The van der Waals surface area contributed by atoms with Crippen LogP contribution in [-0.2, 0) is 17.8 Å². The van der Waals surface area contributed by atoms with Crippen molar-refractivity contribution in [1.29, 1.82) is 0 Å². The predicted octanol–water partition coefficient (Wildman–Crippen LogP) is 3.48. The van der Waals surface area contributed by atoms with Gasteiger partial charge >= 0.3 is 0 Å². The van der Waals surface area contributed by atoms with Crippen LogP contribution in [0.2, 0.25) is 0 Å². The second-order valence-corrected chi connectivity index (χ2v) is 6.28. The highest BCUT2D eigenvalue weighted by Crippen LogP contribution is 2.30. The van der Waals surface area contributed by atoms with Crippen molar-refractivity contribution in [2.24, 2.45) is 0 Å². The molecule has 0 saturated heterocycles. The summed E-state index contributed by atoms with van der Waals surface area (Å²) in [5.41, 5.74) is 2.20. The number of fused-ring (bicyclic) bond motifs is 1. The Labute approximate surface area is 144 Å². The van der Waals surface area contributed by atoms with Crippen molar-refractivity contribution in [1.82, 2.24) is 5.32 Å². The van der Waals surface area contributed by atoms with Gasteiger partial charge in [-0.1, -0.05) is 12.1 Å². The van der Waals surface area contributed by atoms with Crippen LogP contribution in [0.4, 0.5) is 18.9 Å². The van der Waals surface area contributed by atoms with E-state index in [1.807, 2.05) is 0 Å². The lowest BCUT2D eigenvalue weighted by Gasteiger charge is -2.31. The predicted molar refractivity (Wildman–Crippen MR) is 89.9 cm³/mol. The molecule has 2 aromatic carbocycles. The van der Waals surface area contributed by atoms with E-state index in [1.165, 1.54) is 12.1 Å². The Morgan fingerprint density at radius 1 is 1.16 bits per heavy atom. The van der Waals surface area contributed by atoms with E-state index in [2.05, 4.69) is 5.32 Å². The Morgan fingerprint density at radius 3 is 2.72 bits per heavy atom. The number of amides is 1. The first-order valence-corrected chi connectivity index (χ1v) is 8.18. The molecule has 0 radical (unpaired) electrons. The van der Waals surface area contributed by atoms with Gasteiger partial charge in [-0.05, 0) is 48.6 Å². The molecule has 0 aromatic heterocycles. The van der Waals surface area contributed by atoms with Crippen molar-refractivity contribution in [2.45, 2.75) is 26.3 Å². The van der Waals surface area contributed by atoms with Crippen LogP contribution in [0, 0.1) is 24.4 Å². The maximum atomic E-state index is 14.1. The van der Waals surface area contributed by atoms with E-state index in [0.717, 1.165) is 18.1 Å². The van der Waals surface area contributed by atoms with Gasteiger partial charge in [-0.15, -0.1) is 0 Å². The largest absolute Gasteiger partial charge is 0.360 e. The van der Waals surface area contributed by atoms with Gasteiger partial charge in [0, 0.05) is 19.2 Å². The molecule has 3 nitrogen and oxygen atoms in total. The fourth-order valence-electron chi connectivity index (χ4n) is 3.14. The smallest absolute Gasteiger partial charge is 0.239 e. The molecule has 0 bridgehead atoms. The fourth-order valence-corrected chi connectivity index (χ4v) is 3.14. The van der Waals surface area contributed by atoms with E-state index < -0.39 is 11.6 Å². The molecule has 0 unspecified atom stereocenters. The fraction of sp³-hybridized carbons (Fsp3) is 0.316. The third kappa shape index (κ3) is 3.95. The van der Waals surface area contributed by atoms with Crippen molar-refractivity contribution in [3.8, 4) is 0 Å². The van der Waals surface area contributed by atoms with E-state index >= 15 is 0 Å². The lowest BCUT2D eigenvalue weighted by molar-refractivity contribution is -0.119. The molecule has 0 spiro atoms. The Hall–Kier alpha value is -2.50. The zero-order valence-corrected chi connectivity index (χ0v) is 13.9. The van der Waals surface area contributed by atoms with Crippen molar-refractivity contribution in [3.63, 3.8) is 0 Å². The minimum atomic E-state index is -0.642. The molecule has 0 fully saturated rings. The van der Waals surface area contributed by atoms with E-state index in [9.17, 15) is 18.0 Å². The van der Waals surface area contributed by atoms with Gasteiger partial charge in [-0.2, -0.15) is 0 Å². The number of hydrogen-bond donors (Lipinski definition) is 1. The normalized spacial score (nSPS) is 13.5. The monoisotopic (exact) mass is 348 g/mol. The van der Waals surface area contributed by atoms with E-state index in [4.69, 9.17) is 0 Å². The topological polar surface area (TPSA) is 32.3 Å². The minimum Gasteiger partial charge on any atom is -0.360 e. The summed E-state index contributed by atoms with van der Waals surface area (Å²) in [5, 5.41) is 2.76. The van der Waals surface area contributed by atoms with Crippen LogP contribution in [0.25, 0.3) is 0 Å². The summed E-state index contributed by atoms with van der Waals surface area (Å²) in [6.45, 7) is 2.47. The third-order valence-corrected chi connectivity index (χ3v) is 4.34. The van der Waals surface area contributed by atoms with Crippen LogP contribution < -0.4 is 10.2 Å². The highest BCUT2D eigenvalue weighted by atomic mass is 19.1. The first-order valence-electron chi connectivity index (χ1n) is 8.18. The van der Waals surface area contributed by atoms with Crippen LogP contribution >= 0.6 is 0 Å². The van der Waals surface area contributed by atoms with Gasteiger partial charge in [-0.25, -0.2) is 13.2 Å². The number of hydrogen-bond acceptors (Lipinski definition) is 2. The summed E-state index contributed by atoms with van der Waals surface area (Å²) in [5.74, 6) is -1.80. The molecule has 1 amide bonds. The van der Waals surface area contributed by atoms with Crippen molar-refractivity contribution in [2.75, 3.05) is 18.0 Å². The molecule has 0 atom stereocenters. The van der Waals surface area contributed by atoms with Gasteiger partial charge in [0.05, 0.1) is 12.2 Å². The van der Waals surface area contributed by atoms with Crippen molar-refractivity contribution in [3.05, 3.63) is 64.5 Å². The van der Waals surface area contributed by atoms with Gasteiger partial charge in [-0.3, -0.25) is 4.79 Å². The van der Waals surface area contributed by atoms with Crippen LogP contribution in [0.1, 0.15) is 23.1 Å². The van der Waals surface area contributed by atoms with Gasteiger partial charge in [0.25, 0.3) is 0 Å². The molecule has 6 heteroatoms. The summed E-state index contributed by atoms with van der Waals surface area (Å²) in [6, 6.07) is 6.82. The number of aryl methyl sites for hydroxylation is 2. The lowest BCUT2D eigenvalue weighted by atomic mass is 10.0.